The van der Waals surface area contributed by atoms with Gasteiger partial charge in [-0.1, -0.05) is 24.2 Å². The van der Waals surface area contributed by atoms with E-state index in [9.17, 15) is 4.79 Å². The minimum atomic E-state index is -0.0969. The number of thiazole rings is 1. The van der Waals surface area contributed by atoms with Gasteiger partial charge in [-0.3, -0.25) is 4.79 Å². The molecule has 21 heavy (non-hydrogen) atoms. The molecule has 0 radical (unpaired) electrons. The second-order valence-electron chi connectivity index (χ2n) is 5.40. The zero-order valence-electron chi connectivity index (χ0n) is 12.0. The van der Waals surface area contributed by atoms with Crippen molar-refractivity contribution in [1.29, 1.82) is 0 Å². The monoisotopic (exact) mass is 305 g/mol. The van der Waals surface area contributed by atoms with Crippen LogP contribution in [0, 0.1) is 5.92 Å². The topological polar surface area (TPSA) is 77.2 Å². The third-order valence-corrected chi connectivity index (χ3v) is 4.92. The van der Waals surface area contributed by atoms with Crippen molar-refractivity contribution in [3.63, 3.8) is 0 Å². The highest BCUT2D eigenvalue weighted by molar-refractivity contribution is 7.22. The largest absolute Gasteiger partial charge is 0.497 e. The Morgan fingerprint density at radius 3 is 3.00 bits per heavy atom. The Hall–Kier alpha value is -1.66. The maximum atomic E-state index is 12.3. The zero-order valence-corrected chi connectivity index (χ0v) is 12.8. The molecule has 2 aromatic rings. The number of amides is 1. The van der Waals surface area contributed by atoms with Crippen LogP contribution in [0.1, 0.15) is 25.7 Å². The average molecular weight is 305 g/mol. The van der Waals surface area contributed by atoms with Crippen molar-refractivity contribution in [2.24, 2.45) is 11.7 Å². The predicted molar refractivity (Wildman–Crippen MR) is 84.7 cm³/mol. The Bertz CT molecular complexity index is 655. The van der Waals surface area contributed by atoms with Gasteiger partial charge in [-0.15, -0.1) is 0 Å². The van der Waals surface area contributed by atoms with Gasteiger partial charge in [-0.25, -0.2) is 4.98 Å². The summed E-state index contributed by atoms with van der Waals surface area (Å²) in [4.78, 5) is 16.8. The summed E-state index contributed by atoms with van der Waals surface area (Å²) in [6, 6.07) is 5.65. The van der Waals surface area contributed by atoms with E-state index in [-0.39, 0.29) is 17.9 Å². The molecule has 0 saturated heterocycles. The first-order valence-corrected chi connectivity index (χ1v) is 8.00. The Morgan fingerprint density at radius 1 is 1.43 bits per heavy atom. The van der Waals surface area contributed by atoms with E-state index in [0.717, 1.165) is 41.6 Å². The molecule has 6 heteroatoms. The second-order valence-corrected chi connectivity index (χ2v) is 6.43. The molecule has 3 N–H and O–H groups in total. The van der Waals surface area contributed by atoms with Gasteiger partial charge in [0.25, 0.3) is 0 Å². The fraction of sp³-hybridized carbons (Fsp3) is 0.467. The number of hydrogen-bond donors (Lipinski definition) is 2. The summed E-state index contributed by atoms with van der Waals surface area (Å²) in [5.74, 6) is 0.687. The number of benzene rings is 1. The number of carbonyl (C=O) groups excluding carboxylic acids is 1. The van der Waals surface area contributed by atoms with Gasteiger partial charge in [0.1, 0.15) is 5.75 Å². The summed E-state index contributed by atoms with van der Waals surface area (Å²) in [6.07, 6.45) is 3.98. The summed E-state index contributed by atoms with van der Waals surface area (Å²) in [5, 5.41) is 3.54. The number of hydrogen-bond acceptors (Lipinski definition) is 5. The van der Waals surface area contributed by atoms with Crippen LogP contribution in [0.2, 0.25) is 0 Å². The van der Waals surface area contributed by atoms with Gasteiger partial charge in [0.05, 0.1) is 23.2 Å². The molecule has 1 amide bonds. The van der Waals surface area contributed by atoms with Crippen LogP contribution in [0.15, 0.2) is 18.2 Å². The summed E-state index contributed by atoms with van der Waals surface area (Å²) in [7, 11) is 1.63. The first kappa shape index (κ1) is 14.3. The molecule has 1 aliphatic carbocycles. The molecule has 2 atom stereocenters. The number of fused-ring (bicyclic) bond motifs is 1. The van der Waals surface area contributed by atoms with Crippen molar-refractivity contribution in [1.82, 2.24) is 4.98 Å². The standard InChI is InChI=1S/C15H19N3O2S/c1-20-9-6-7-12-13(8-9)21-15(17-12)18-14(19)10-4-2-3-5-11(10)16/h6-8,10-11H,2-5,16H2,1H3,(H,17,18,19). The molecule has 112 valence electrons. The minimum Gasteiger partial charge on any atom is -0.497 e. The second kappa shape index (κ2) is 5.99. The summed E-state index contributed by atoms with van der Waals surface area (Å²) < 4.78 is 6.19. The fourth-order valence-corrected chi connectivity index (χ4v) is 3.67. The van der Waals surface area contributed by atoms with Crippen LogP contribution in [-0.2, 0) is 4.79 Å². The molecule has 0 spiro atoms. The lowest BCUT2D eigenvalue weighted by Gasteiger charge is -2.26. The number of aromatic nitrogens is 1. The first-order chi connectivity index (χ1) is 10.2. The number of ether oxygens (including phenoxy) is 1. The lowest BCUT2D eigenvalue weighted by atomic mass is 9.84. The number of methoxy groups -OCH3 is 1. The Morgan fingerprint density at radius 2 is 2.24 bits per heavy atom. The Kier molecular flexibility index (Phi) is 4.07. The Balaban J connectivity index is 1.76. The Labute approximate surface area is 127 Å². The van der Waals surface area contributed by atoms with E-state index in [2.05, 4.69) is 10.3 Å². The fourth-order valence-electron chi connectivity index (χ4n) is 2.77. The number of rotatable bonds is 3. The zero-order chi connectivity index (χ0) is 14.8. The van der Waals surface area contributed by atoms with Gasteiger partial charge >= 0.3 is 0 Å². The average Bonchev–Trinajstić information content (AvgIpc) is 2.88. The number of anilines is 1. The molecule has 1 saturated carbocycles. The van der Waals surface area contributed by atoms with Crippen molar-refractivity contribution in [3.05, 3.63) is 18.2 Å². The molecule has 2 unspecified atom stereocenters. The minimum absolute atomic E-state index is 0.00628. The van der Waals surface area contributed by atoms with Crippen molar-refractivity contribution in [2.45, 2.75) is 31.7 Å². The maximum Gasteiger partial charge on any atom is 0.230 e. The lowest BCUT2D eigenvalue weighted by Crippen LogP contribution is -2.40. The van der Waals surface area contributed by atoms with Crippen molar-refractivity contribution in [2.75, 3.05) is 12.4 Å². The van der Waals surface area contributed by atoms with E-state index >= 15 is 0 Å². The molecule has 3 rings (SSSR count). The normalized spacial score (nSPS) is 22.2. The van der Waals surface area contributed by atoms with Crippen molar-refractivity contribution in [3.8, 4) is 5.75 Å². The molecule has 1 aliphatic rings. The van der Waals surface area contributed by atoms with Crippen LogP contribution in [0.3, 0.4) is 0 Å². The van der Waals surface area contributed by atoms with Crippen LogP contribution in [-0.4, -0.2) is 24.0 Å². The third kappa shape index (κ3) is 3.01. The number of nitrogens with zero attached hydrogens (tertiary/aromatic N) is 1. The molecular formula is C15H19N3O2S. The van der Waals surface area contributed by atoms with Crippen molar-refractivity contribution < 1.29 is 9.53 Å². The summed E-state index contributed by atoms with van der Waals surface area (Å²) in [5.41, 5.74) is 6.92. The van der Waals surface area contributed by atoms with Crippen LogP contribution in [0.4, 0.5) is 5.13 Å². The van der Waals surface area contributed by atoms with Crippen LogP contribution < -0.4 is 15.8 Å². The number of nitrogens with one attached hydrogen (secondary N) is 1. The molecule has 1 aromatic carbocycles. The quantitative estimate of drug-likeness (QED) is 0.914. The van der Waals surface area contributed by atoms with Gasteiger partial charge in [0, 0.05) is 6.04 Å². The highest BCUT2D eigenvalue weighted by Gasteiger charge is 2.28. The summed E-state index contributed by atoms with van der Waals surface area (Å²) >= 11 is 1.46. The van der Waals surface area contributed by atoms with E-state index in [1.807, 2.05) is 18.2 Å². The molecule has 0 bridgehead atoms. The lowest BCUT2D eigenvalue weighted by molar-refractivity contribution is -0.121. The van der Waals surface area contributed by atoms with E-state index in [4.69, 9.17) is 10.5 Å². The van der Waals surface area contributed by atoms with Crippen LogP contribution in [0.5, 0.6) is 5.75 Å². The molecule has 1 aromatic heterocycles. The summed E-state index contributed by atoms with van der Waals surface area (Å²) in [6.45, 7) is 0. The molecule has 1 fully saturated rings. The molecule has 1 heterocycles. The molecule has 5 nitrogen and oxygen atoms in total. The van der Waals surface area contributed by atoms with Gasteiger partial charge < -0.3 is 15.8 Å². The van der Waals surface area contributed by atoms with Gasteiger partial charge in [0.15, 0.2) is 5.13 Å². The SMILES string of the molecule is COc1ccc2nc(NC(=O)C3CCCCC3N)sc2c1. The van der Waals surface area contributed by atoms with Crippen LogP contribution >= 0.6 is 11.3 Å². The van der Waals surface area contributed by atoms with Gasteiger partial charge in [0.2, 0.25) is 5.91 Å². The number of nitrogens with two attached hydrogens (primary N) is 1. The predicted octanol–water partition coefficient (Wildman–Crippen LogP) is 2.76. The van der Waals surface area contributed by atoms with E-state index < -0.39 is 0 Å². The smallest absolute Gasteiger partial charge is 0.230 e. The van der Waals surface area contributed by atoms with Gasteiger partial charge in [-0.2, -0.15) is 0 Å². The highest BCUT2D eigenvalue weighted by Crippen LogP contribution is 2.30. The van der Waals surface area contributed by atoms with Crippen LogP contribution in [0.25, 0.3) is 10.2 Å². The highest BCUT2D eigenvalue weighted by atomic mass is 32.1. The molecule has 0 aliphatic heterocycles. The van der Waals surface area contributed by atoms with Crippen molar-refractivity contribution >= 4 is 32.6 Å². The van der Waals surface area contributed by atoms with E-state index in [1.165, 1.54) is 11.3 Å². The first-order valence-electron chi connectivity index (χ1n) is 7.18. The third-order valence-electron chi connectivity index (χ3n) is 3.98. The van der Waals surface area contributed by atoms with E-state index in [1.54, 1.807) is 7.11 Å². The van der Waals surface area contributed by atoms with Gasteiger partial charge in [-0.05, 0) is 31.0 Å². The molecular weight excluding hydrogens is 286 g/mol. The maximum absolute atomic E-state index is 12.3. The van der Waals surface area contributed by atoms with E-state index in [0.29, 0.717) is 5.13 Å². The number of carbonyl (C=O) groups is 1.